The van der Waals surface area contributed by atoms with Gasteiger partial charge in [0.25, 0.3) is 0 Å². The molecule has 0 N–H and O–H groups in total. The van der Waals surface area contributed by atoms with Crippen LogP contribution >= 0.6 is 0 Å². The van der Waals surface area contributed by atoms with Crippen molar-refractivity contribution in [2.75, 3.05) is 13.1 Å². The van der Waals surface area contributed by atoms with E-state index >= 15 is 0 Å². The summed E-state index contributed by atoms with van der Waals surface area (Å²) in [7, 11) is 0. The molecule has 4 rings (SSSR count). The Morgan fingerprint density at radius 3 is 2.75 bits per heavy atom. The number of nitrogens with zero attached hydrogens (tertiary/aromatic N) is 4. The van der Waals surface area contributed by atoms with Gasteiger partial charge in [-0.3, -0.25) is 9.48 Å². The predicted molar refractivity (Wildman–Crippen MR) is 86.6 cm³/mol. The minimum Gasteiger partial charge on any atom is -0.342 e. The lowest BCUT2D eigenvalue weighted by molar-refractivity contribution is -0.136. The van der Waals surface area contributed by atoms with E-state index in [1.165, 1.54) is 12.1 Å². The quantitative estimate of drug-likeness (QED) is 0.866. The third-order valence-corrected chi connectivity index (χ3v) is 5.27. The molecule has 1 unspecified atom stereocenters. The zero-order valence-corrected chi connectivity index (χ0v) is 13.6. The molecule has 0 spiro atoms. The molecule has 1 aliphatic carbocycles. The Balaban J connectivity index is 1.46. The highest BCUT2D eigenvalue weighted by molar-refractivity contribution is 5.91. The molecule has 1 aromatic heterocycles. The highest BCUT2D eigenvalue weighted by atomic mass is 19.1. The van der Waals surface area contributed by atoms with Gasteiger partial charge in [0.05, 0.1) is 5.41 Å². The van der Waals surface area contributed by atoms with Crippen LogP contribution in [0, 0.1) is 11.7 Å². The number of piperidine rings is 1. The molecule has 2 aromatic rings. The first-order chi connectivity index (χ1) is 11.7. The summed E-state index contributed by atoms with van der Waals surface area (Å²) < 4.78 is 15.0. The Hall–Kier alpha value is -2.24. The maximum atomic E-state index is 13.2. The summed E-state index contributed by atoms with van der Waals surface area (Å²) in [4.78, 5) is 19.1. The van der Waals surface area contributed by atoms with Crippen LogP contribution in [0.2, 0.25) is 0 Å². The van der Waals surface area contributed by atoms with Gasteiger partial charge in [0, 0.05) is 19.6 Å². The fraction of sp³-hybridized carbons (Fsp3) is 0.500. The number of likely N-dealkylation sites (tertiary alicyclic amines) is 1. The van der Waals surface area contributed by atoms with E-state index in [4.69, 9.17) is 0 Å². The molecule has 1 saturated carbocycles. The molecule has 1 atom stereocenters. The lowest BCUT2D eigenvalue weighted by Gasteiger charge is -2.35. The van der Waals surface area contributed by atoms with Crippen LogP contribution in [0.25, 0.3) is 0 Å². The van der Waals surface area contributed by atoms with Crippen LogP contribution in [0.4, 0.5) is 4.39 Å². The van der Waals surface area contributed by atoms with Crippen molar-refractivity contribution < 1.29 is 9.18 Å². The summed E-state index contributed by atoms with van der Waals surface area (Å²) in [5.41, 5.74) is 0.537. The molecule has 5 nitrogen and oxygen atoms in total. The summed E-state index contributed by atoms with van der Waals surface area (Å²) in [5, 5.41) is 4.16. The van der Waals surface area contributed by atoms with E-state index in [-0.39, 0.29) is 11.7 Å². The zero-order chi connectivity index (χ0) is 16.6. The van der Waals surface area contributed by atoms with Crippen LogP contribution in [-0.4, -0.2) is 38.7 Å². The maximum absolute atomic E-state index is 13.2. The molecule has 126 valence electrons. The van der Waals surface area contributed by atoms with Gasteiger partial charge in [0.1, 0.15) is 18.5 Å². The van der Waals surface area contributed by atoms with Gasteiger partial charge in [0.15, 0.2) is 0 Å². The summed E-state index contributed by atoms with van der Waals surface area (Å²) in [6.07, 6.45) is 7.11. The van der Waals surface area contributed by atoms with Crippen molar-refractivity contribution in [3.05, 3.63) is 48.3 Å². The Morgan fingerprint density at radius 1 is 1.29 bits per heavy atom. The summed E-state index contributed by atoms with van der Waals surface area (Å²) in [6.45, 7) is 2.38. The average Bonchev–Trinajstić information content (AvgIpc) is 3.26. The molecule has 1 aromatic carbocycles. The molecule has 0 radical (unpaired) electrons. The number of rotatable bonds is 4. The molecular weight excluding hydrogens is 307 g/mol. The largest absolute Gasteiger partial charge is 0.342 e. The number of hydrogen-bond acceptors (Lipinski definition) is 3. The molecule has 2 aliphatic rings. The van der Waals surface area contributed by atoms with Crippen molar-refractivity contribution in [3.8, 4) is 0 Å². The van der Waals surface area contributed by atoms with E-state index in [1.807, 2.05) is 9.58 Å². The summed E-state index contributed by atoms with van der Waals surface area (Å²) in [5.74, 6) is 0.360. The second-order valence-corrected chi connectivity index (χ2v) is 6.97. The fourth-order valence-corrected chi connectivity index (χ4v) is 3.81. The van der Waals surface area contributed by atoms with Gasteiger partial charge in [-0.2, -0.15) is 5.10 Å². The van der Waals surface area contributed by atoms with Crippen LogP contribution < -0.4 is 0 Å². The molecule has 2 heterocycles. The molecule has 1 saturated heterocycles. The first kappa shape index (κ1) is 15.3. The van der Waals surface area contributed by atoms with Gasteiger partial charge < -0.3 is 4.90 Å². The van der Waals surface area contributed by atoms with Crippen molar-refractivity contribution in [1.29, 1.82) is 0 Å². The Kier molecular flexibility index (Phi) is 3.82. The predicted octanol–water partition coefficient (Wildman–Crippen LogP) is 2.39. The standard InChI is InChI=1S/C18H21FN4O/c19-16-5-3-15(4-6-16)18(7-8-18)17(24)22-9-1-2-14(10-22)11-23-13-20-12-21-23/h3-6,12-14H,1-2,7-11H2. The van der Waals surface area contributed by atoms with Crippen LogP contribution in [-0.2, 0) is 16.8 Å². The fourth-order valence-electron chi connectivity index (χ4n) is 3.81. The van der Waals surface area contributed by atoms with Gasteiger partial charge in [-0.1, -0.05) is 12.1 Å². The average molecular weight is 328 g/mol. The van der Waals surface area contributed by atoms with Gasteiger partial charge in [-0.05, 0) is 49.3 Å². The Labute approximate surface area is 140 Å². The third-order valence-electron chi connectivity index (χ3n) is 5.27. The monoisotopic (exact) mass is 328 g/mol. The van der Waals surface area contributed by atoms with Crippen LogP contribution in [0.5, 0.6) is 0 Å². The third kappa shape index (κ3) is 2.81. The van der Waals surface area contributed by atoms with Crippen molar-refractivity contribution in [3.63, 3.8) is 0 Å². The van der Waals surface area contributed by atoms with Gasteiger partial charge in [-0.25, -0.2) is 9.37 Å². The van der Waals surface area contributed by atoms with Crippen LogP contribution in [0.1, 0.15) is 31.2 Å². The van der Waals surface area contributed by atoms with E-state index in [2.05, 4.69) is 10.1 Å². The molecule has 6 heteroatoms. The smallest absolute Gasteiger partial charge is 0.233 e. The normalized spacial score (nSPS) is 22.4. The molecular formula is C18H21FN4O. The van der Waals surface area contributed by atoms with E-state index in [9.17, 15) is 9.18 Å². The van der Waals surface area contributed by atoms with Crippen LogP contribution in [0.15, 0.2) is 36.9 Å². The number of benzene rings is 1. The number of hydrogen-bond donors (Lipinski definition) is 0. The highest BCUT2D eigenvalue weighted by Crippen LogP contribution is 2.50. The van der Waals surface area contributed by atoms with Crippen LogP contribution in [0.3, 0.4) is 0 Å². The minimum absolute atomic E-state index is 0.206. The first-order valence-corrected chi connectivity index (χ1v) is 8.55. The summed E-state index contributed by atoms with van der Waals surface area (Å²) >= 11 is 0. The van der Waals surface area contributed by atoms with E-state index in [1.54, 1.807) is 24.8 Å². The van der Waals surface area contributed by atoms with Crippen molar-refractivity contribution >= 4 is 5.91 Å². The molecule has 2 fully saturated rings. The molecule has 1 aliphatic heterocycles. The Morgan fingerprint density at radius 2 is 2.08 bits per heavy atom. The molecule has 1 amide bonds. The first-order valence-electron chi connectivity index (χ1n) is 8.55. The topological polar surface area (TPSA) is 51.0 Å². The highest BCUT2D eigenvalue weighted by Gasteiger charge is 2.53. The Bertz CT molecular complexity index is 709. The second-order valence-electron chi connectivity index (χ2n) is 6.97. The van der Waals surface area contributed by atoms with Crippen molar-refractivity contribution in [2.24, 2.45) is 5.92 Å². The van der Waals surface area contributed by atoms with Gasteiger partial charge in [-0.15, -0.1) is 0 Å². The number of carbonyl (C=O) groups excluding carboxylic acids is 1. The SMILES string of the molecule is O=C(N1CCCC(Cn2cncn2)C1)C1(c2ccc(F)cc2)CC1. The molecule has 0 bridgehead atoms. The van der Waals surface area contributed by atoms with E-state index in [0.717, 1.165) is 50.9 Å². The minimum atomic E-state index is -0.414. The molecule has 24 heavy (non-hydrogen) atoms. The summed E-state index contributed by atoms with van der Waals surface area (Å²) in [6, 6.07) is 6.42. The number of halogens is 1. The number of carbonyl (C=O) groups is 1. The van der Waals surface area contributed by atoms with Crippen molar-refractivity contribution in [2.45, 2.75) is 37.6 Å². The lowest BCUT2D eigenvalue weighted by atomic mass is 9.91. The number of aromatic nitrogens is 3. The number of amides is 1. The van der Waals surface area contributed by atoms with Gasteiger partial charge >= 0.3 is 0 Å². The maximum Gasteiger partial charge on any atom is 0.233 e. The van der Waals surface area contributed by atoms with Crippen molar-refractivity contribution in [1.82, 2.24) is 19.7 Å². The van der Waals surface area contributed by atoms with E-state index < -0.39 is 5.41 Å². The zero-order valence-electron chi connectivity index (χ0n) is 13.6. The van der Waals surface area contributed by atoms with Gasteiger partial charge in [0.2, 0.25) is 5.91 Å². The lowest BCUT2D eigenvalue weighted by Crippen LogP contribution is -2.45. The second kappa shape index (κ2) is 6.00. The van der Waals surface area contributed by atoms with E-state index in [0.29, 0.717) is 5.92 Å².